The van der Waals surface area contributed by atoms with Crippen molar-refractivity contribution in [1.82, 2.24) is 0 Å². The summed E-state index contributed by atoms with van der Waals surface area (Å²) in [6, 6.07) is 0. The maximum Gasteiger partial charge on any atom is 0.170 e. The van der Waals surface area contributed by atoms with Gasteiger partial charge >= 0.3 is 0 Å². The maximum atomic E-state index is 6.42. The second kappa shape index (κ2) is 4.42. The fraction of sp³-hybridized carbons (Fsp3) is 1.00. The molecule has 2 saturated carbocycles. The van der Waals surface area contributed by atoms with E-state index in [0.717, 1.165) is 32.1 Å². The third-order valence-electron chi connectivity index (χ3n) is 5.51. The molecule has 2 aliphatic carbocycles. The first-order valence-electron chi connectivity index (χ1n) is 6.80. The molecular weight excluding hydrogens is 316 g/mol. The van der Waals surface area contributed by atoms with E-state index in [1.165, 1.54) is 0 Å². The average Bonchev–Trinajstić information content (AvgIpc) is 3.03. The van der Waals surface area contributed by atoms with Crippen LogP contribution in [0.5, 0.6) is 0 Å². The SMILES string of the molecule is COC1OC2(C3(C(C)(S)S)CC3)CCCC2(S)C1S. The Hall–Kier alpha value is 1.32. The Morgan fingerprint density at radius 1 is 1.21 bits per heavy atom. The summed E-state index contributed by atoms with van der Waals surface area (Å²) in [7, 11) is 1.68. The number of ether oxygens (including phenoxy) is 2. The topological polar surface area (TPSA) is 18.5 Å². The minimum Gasteiger partial charge on any atom is -0.355 e. The van der Waals surface area contributed by atoms with Crippen LogP contribution in [-0.2, 0) is 9.47 Å². The van der Waals surface area contributed by atoms with Crippen LogP contribution in [0.15, 0.2) is 0 Å². The maximum absolute atomic E-state index is 6.42. The van der Waals surface area contributed by atoms with E-state index in [1.54, 1.807) is 7.11 Å². The highest BCUT2D eigenvalue weighted by Gasteiger charge is 2.79. The van der Waals surface area contributed by atoms with Crippen molar-refractivity contribution in [3.8, 4) is 0 Å². The minimum atomic E-state index is -0.374. The van der Waals surface area contributed by atoms with Gasteiger partial charge in [-0.3, -0.25) is 0 Å². The van der Waals surface area contributed by atoms with Crippen LogP contribution in [0.1, 0.15) is 39.0 Å². The summed E-state index contributed by atoms with van der Waals surface area (Å²) in [4.78, 5) is 0. The van der Waals surface area contributed by atoms with Gasteiger partial charge in [-0.25, -0.2) is 0 Å². The number of thiol groups is 4. The van der Waals surface area contributed by atoms with Gasteiger partial charge in [-0.2, -0.15) is 50.5 Å². The second-order valence-corrected chi connectivity index (χ2v) is 9.87. The lowest BCUT2D eigenvalue weighted by molar-refractivity contribution is -0.179. The highest BCUT2D eigenvalue weighted by molar-refractivity contribution is 8.00. The smallest absolute Gasteiger partial charge is 0.170 e. The fourth-order valence-corrected chi connectivity index (χ4v) is 6.38. The molecule has 0 N–H and O–H groups in total. The second-order valence-electron chi connectivity index (χ2n) is 6.37. The summed E-state index contributed by atoms with van der Waals surface area (Å²) in [5.41, 5.74) is -0.340. The van der Waals surface area contributed by atoms with Gasteiger partial charge in [-0.05, 0) is 39.0 Å². The Bertz CT molecular complexity index is 393. The van der Waals surface area contributed by atoms with Crippen LogP contribution in [0.2, 0.25) is 0 Å². The number of hydrogen-bond donors (Lipinski definition) is 4. The molecule has 1 aliphatic heterocycles. The summed E-state index contributed by atoms with van der Waals surface area (Å²) in [5.74, 6) is 0. The van der Waals surface area contributed by atoms with Crippen LogP contribution in [0.4, 0.5) is 0 Å². The molecule has 4 atom stereocenters. The van der Waals surface area contributed by atoms with Gasteiger partial charge in [0, 0.05) is 12.5 Å². The standard InChI is InChI=1S/C13H22O2S4/c1-10(17,18)11(6-7-11)13-5-3-4-12(13,19)8(16)9(14-2)15-13/h8-9,16-19H,3-7H2,1-2H3. The zero-order valence-electron chi connectivity index (χ0n) is 11.3. The Labute approximate surface area is 137 Å². The average molecular weight is 339 g/mol. The molecule has 6 heteroatoms. The third-order valence-corrected chi connectivity index (χ3v) is 8.12. The molecule has 0 amide bonds. The molecule has 0 spiro atoms. The van der Waals surface area contributed by atoms with E-state index >= 15 is 0 Å². The van der Waals surface area contributed by atoms with Crippen molar-refractivity contribution < 1.29 is 9.47 Å². The van der Waals surface area contributed by atoms with Crippen LogP contribution in [0, 0.1) is 5.41 Å². The van der Waals surface area contributed by atoms with Crippen molar-refractivity contribution >= 4 is 50.5 Å². The van der Waals surface area contributed by atoms with Crippen LogP contribution in [0.3, 0.4) is 0 Å². The van der Waals surface area contributed by atoms with Gasteiger partial charge in [0.2, 0.25) is 0 Å². The molecule has 0 aromatic heterocycles. The molecular formula is C13H22O2S4. The summed E-state index contributed by atoms with van der Waals surface area (Å²) >= 11 is 19.3. The van der Waals surface area contributed by atoms with E-state index < -0.39 is 0 Å². The zero-order valence-corrected chi connectivity index (χ0v) is 14.9. The van der Waals surface area contributed by atoms with Gasteiger partial charge in [0.1, 0.15) is 0 Å². The van der Waals surface area contributed by atoms with Gasteiger partial charge in [-0.1, -0.05) is 0 Å². The van der Waals surface area contributed by atoms with Crippen LogP contribution in [-0.4, -0.2) is 33.1 Å². The first kappa shape index (κ1) is 15.2. The zero-order chi connectivity index (χ0) is 14.1. The van der Waals surface area contributed by atoms with Gasteiger partial charge < -0.3 is 9.47 Å². The predicted octanol–water partition coefficient (Wildman–Crippen LogP) is 3.23. The van der Waals surface area contributed by atoms with Crippen LogP contribution >= 0.6 is 50.5 Å². The van der Waals surface area contributed by atoms with E-state index in [-0.39, 0.29) is 31.4 Å². The van der Waals surface area contributed by atoms with E-state index in [2.05, 4.69) is 6.92 Å². The lowest BCUT2D eigenvalue weighted by Gasteiger charge is -2.48. The Balaban J connectivity index is 2.07. The number of methoxy groups -OCH3 is 1. The summed E-state index contributed by atoms with van der Waals surface area (Å²) in [5, 5.41) is -0.00942. The van der Waals surface area contributed by atoms with E-state index in [0.29, 0.717) is 0 Å². The van der Waals surface area contributed by atoms with E-state index in [9.17, 15) is 0 Å². The highest BCUT2D eigenvalue weighted by atomic mass is 32.2. The normalized spacial score (nSPS) is 48.3. The monoisotopic (exact) mass is 338 g/mol. The van der Waals surface area contributed by atoms with Gasteiger partial charge in [0.15, 0.2) is 6.29 Å². The molecule has 0 bridgehead atoms. The third kappa shape index (κ3) is 1.70. The molecule has 1 saturated heterocycles. The predicted molar refractivity (Wildman–Crippen MR) is 91.0 cm³/mol. The molecule has 0 radical (unpaired) electrons. The molecule has 3 aliphatic rings. The molecule has 1 heterocycles. The van der Waals surface area contributed by atoms with Gasteiger partial charge in [-0.15, -0.1) is 0 Å². The fourth-order valence-electron chi connectivity index (χ4n) is 4.39. The first-order chi connectivity index (χ1) is 8.74. The van der Waals surface area contributed by atoms with Crippen molar-refractivity contribution in [3.05, 3.63) is 0 Å². The molecule has 0 aromatic rings. The number of hydrogen-bond acceptors (Lipinski definition) is 6. The molecule has 3 fully saturated rings. The Morgan fingerprint density at radius 3 is 2.32 bits per heavy atom. The highest BCUT2D eigenvalue weighted by Crippen LogP contribution is 2.75. The lowest BCUT2D eigenvalue weighted by Crippen LogP contribution is -2.57. The van der Waals surface area contributed by atoms with Gasteiger partial charge in [0.25, 0.3) is 0 Å². The van der Waals surface area contributed by atoms with E-state index in [1.807, 2.05) is 0 Å². The molecule has 2 nitrogen and oxygen atoms in total. The quantitative estimate of drug-likeness (QED) is 0.468. The van der Waals surface area contributed by atoms with Crippen molar-refractivity contribution in [2.24, 2.45) is 5.41 Å². The largest absolute Gasteiger partial charge is 0.355 e. The van der Waals surface area contributed by atoms with Crippen molar-refractivity contribution in [3.63, 3.8) is 0 Å². The number of fused-ring (bicyclic) bond motifs is 1. The summed E-state index contributed by atoms with van der Waals surface area (Å²) < 4.78 is 11.3. The van der Waals surface area contributed by atoms with Crippen molar-refractivity contribution in [2.75, 3.05) is 7.11 Å². The van der Waals surface area contributed by atoms with Gasteiger partial charge in [0.05, 0.1) is 19.7 Å². The molecule has 3 rings (SSSR count). The Kier molecular flexibility index (Phi) is 3.54. The molecule has 19 heavy (non-hydrogen) atoms. The van der Waals surface area contributed by atoms with Crippen molar-refractivity contribution in [1.29, 1.82) is 0 Å². The first-order valence-corrected chi connectivity index (χ1v) is 8.66. The number of rotatable bonds is 3. The summed E-state index contributed by atoms with van der Waals surface area (Å²) in [6.45, 7) is 2.07. The van der Waals surface area contributed by atoms with Crippen LogP contribution < -0.4 is 0 Å². The molecule has 4 unspecified atom stereocenters. The minimum absolute atomic E-state index is 0.00942. The summed E-state index contributed by atoms with van der Waals surface area (Å²) in [6.07, 6.45) is 5.04. The van der Waals surface area contributed by atoms with Crippen LogP contribution in [0.25, 0.3) is 0 Å². The van der Waals surface area contributed by atoms with E-state index in [4.69, 9.17) is 60.0 Å². The lowest BCUT2D eigenvalue weighted by atomic mass is 9.73. The van der Waals surface area contributed by atoms with Crippen molar-refractivity contribution in [2.45, 2.75) is 65.0 Å². The molecule has 0 aromatic carbocycles. The Morgan fingerprint density at radius 2 is 1.84 bits per heavy atom. The molecule has 110 valence electrons.